The number of benzene rings is 1. The summed E-state index contributed by atoms with van der Waals surface area (Å²) in [5, 5.41) is 0. The van der Waals surface area contributed by atoms with Crippen molar-refractivity contribution in [2.24, 2.45) is 5.73 Å². The van der Waals surface area contributed by atoms with Crippen LogP contribution in [0.4, 0.5) is 0 Å². The lowest BCUT2D eigenvalue weighted by molar-refractivity contribution is 0.254. The first-order valence-corrected chi connectivity index (χ1v) is 8.86. The number of fused-ring (bicyclic) bond motifs is 1. The fourth-order valence-corrected chi connectivity index (χ4v) is 3.58. The molecule has 2 rings (SSSR count). The van der Waals surface area contributed by atoms with Crippen LogP contribution in [-0.2, 0) is 16.4 Å². The Bertz CT molecular complexity index is 609. The molecule has 1 heterocycles. The molecular formula is C15H24N2O3S. The molecule has 0 saturated heterocycles. The van der Waals surface area contributed by atoms with Gasteiger partial charge in [0.2, 0.25) is 10.0 Å². The van der Waals surface area contributed by atoms with Crippen molar-refractivity contribution in [3.05, 3.63) is 23.8 Å². The molecule has 0 saturated carbocycles. The summed E-state index contributed by atoms with van der Waals surface area (Å²) < 4.78 is 33.0. The monoisotopic (exact) mass is 312 g/mol. The molecule has 1 aromatic rings. The number of nitrogens with two attached hydrogens (primary N) is 1. The largest absolute Gasteiger partial charge is 0.490 e. The lowest BCUT2D eigenvalue weighted by Gasteiger charge is -2.26. The highest BCUT2D eigenvalue weighted by Crippen LogP contribution is 2.30. The van der Waals surface area contributed by atoms with Crippen LogP contribution in [0.1, 0.15) is 39.2 Å². The Morgan fingerprint density at radius 1 is 1.38 bits per heavy atom. The second-order valence-electron chi connectivity index (χ2n) is 5.80. The van der Waals surface area contributed by atoms with Crippen LogP contribution >= 0.6 is 0 Å². The molecule has 0 bridgehead atoms. The van der Waals surface area contributed by atoms with Gasteiger partial charge < -0.3 is 10.5 Å². The summed E-state index contributed by atoms with van der Waals surface area (Å²) in [6.07, 6.45) is 2.29. The van der Waals surface area contributed by atoms with Crippen LogP contribution in [0, 0.1) is 0 Å². The quantitative estimate of drug-likeness (QED) is 0.839. The lowest BCUT2D eigenvalue weighted by atomic mass is 9.95. The van der Waals surface area contributed by atoms with Gasteiger partial charge in [0.05, 0.1) is 4.90 Å². The summed E-state index contributed by atoms with van der Waals surface area (Å²) >= 11 is 0. The summed E-state index contributed by atoms with van der Waals surface area (Å²) in [6, 6.07) is 5.00. The zero-order valence-corrected chi connectivity index (χ0v) is 13.7. The van der Waals surface area contributed by atoms with Crippen molar-refractivity contribution < 1.29 is 13.2 Å². The number of sulfonamides is 1. The van der Waals surface area contributed by atoms with Crippen LogP contribution in [0.25, 0.3) is 0 Å². The molecule has 1 aliphatic heterocycles. The third-order valence-corrected chi connectivity index (χ3v) is 5.60. The normalized spacial score (nSPS) is 18.4. The number of nitrogens with one attached hydrogen (secondary N) is 1. The number of ether oxygens (including phenoxy) is 1. The van der Waals surface area contributed by atoms with E-state index in [1.165, 1.54) is 0 Å². The van der Waals surface area contributed by atoms with Crippen LogP contribution < -0.4 is 15.2 Å². The van der Waals surface area contributed by atoms with Gasteiger partial charge in [-0.1, -0.05) is 13.8 Å². The van der Waals surface area contributed by atoms with Crippen LogP contribution in [0.5, 0.6) is 5.75 Å². The van der Waals surface area contributed by atoms with Crippen molar-refractivity contribution in [2.75, 3.05) is 6.54 Å². The summed E-state index contributed by atoms with van der Waals surface area (Å²) in [5.41, 5.74) is 6.58. The summed E-state index contributed by atoms with van der Waals surface area (Å²) in [7, 11) is -3.54. The van der Waals surface area contributed by atoms with E-state index in [0.717, 1.165) is 30.6 Å². The molecule has 1 atom stereocenters. The number of hydrogen-bond acceptors (Lipinski definition) is 4. The minimum Gasteiger partial charge on any atom is -0.490 e. The first kappa shape index (κ1) is 16.3. The molecule has 1 aliphatic rings. The first-order valence-electron chi connectivity index (χ1n) is 7.38. The Balaban J connectivity index is 2.16. The minimum absolute atomic E-state index is 0.0998. The Morgan fingerprint density at radius 3 is 2.67 bits per heavy atom. The Hall–Kier alpha value is -1.11. The molecule has 118 valence electrons. The van der Waals surface area contributed by atoms with Gasteiger partial charge in [0.1, 0.15) is 11.9 Å². The zero-order chi connectivity index (χ0) is 15.7. The minimum atomic E-state index is -3.54. The zero-order valence-electron chi connectivity index (χ0n) is 12.8. The third kappa shape index (κ3) is 3.56. The molecule has 0 amide bonds. The van der Waals surface area contributed by atoms with Gasteiger partial charge in [-0.3, -0.25) is 0 Å². The Labute approximate surface area is 126 Å². The van der Waals surface area contributed by atoms with Crippen molar-refractivity contribution in [1.82, 2.24) is 4.72 Å². The number of hydrogen-bond donors (Lipinski definition) is 2. The van der Waals surface area contributed by atoms with E-state index in [0.29, 0.717) is 0 Å². The maximum absolute atomic E-state index is 12.4. The Morgan fingerprint density at radius 2 is 2.05 bits per heavy atom. The summed E-state index contributed by atoms with van der Waals surface area (Å²) in [5.74, 6) is 0.775. The van der Waals surface area contributed by atoms with Crippen molar-refractivity contribution >= 4 is 10.0 Å². The standard InChI is InChI=1S/C15H24N2O3S/c1-4-15(16,5-2)10-17-21(18,19)13-6-7-14-12(9-13)8-11(3)20-14/h6-7,9,11,17H,4-5,8,10,16H2,1-3H3. The highest BCUT2D eigenvalue weighted by molar-refractivity contribution is 7.89. The van der Waals surface area contributed by atoms with Crippen molar-refractivity contribution in [2.45, 2.75) is 56.6 Å². The van der Waals surface area contributed by atoms with Crippen LogP contribution in [0.3, 0.4) is 0 Å². The molecule has 0 fully saturated rings. The van der Waals surface area contributed by atoms with Crippen molar-refractivity contribution in [3.8, 4) is 5.75 Å². The molecule has 0 aromatic heterocycles. The molecular weight excluding hydrogens is 288 g/mol. The molecule has 3 N–H and O–H groups in total. The van der Waals surface area contributed by atoms with Gasteiger partial charge in [0, 0.05) is 18.5 Å². The van der Waals surface area contributed by atoms with E-state index in [2.05, 4.69) is 4.72 Å². The van der Waals surface area contributed by atoms with Crippen molar-refractivity contribution in [1.29, 1.82) is 0 Å². The van der Waals surface area contributed by atoms with E-state index in [4.69, 9.17) is 10.5 Å². The highest BCUT2D eigenvalue weighted by atomic mass is 32.2. The second-order valence-corrected chi connectivity index (χ2v) is 7.56. The summed E-state index contributed by atoms with van der Waals surface area (Å²) in [6.45, 7) is 6.14. The predicted molar refractivity (Wildman–Crippen MR) is 82.9 cm³/mol. The first-order chi connectivity index (χ1) is 9.79. The van der Waals surface area contributed by atoms with Gasteiger partial charge >= 0.3 is 0 Å². The molecule has 0 radical (unpaired) electrons. The predicted octanol–water partition coefficient (Wildman–Crippen LogP) is 1.81. The van der Waals surface area contributed by atoms with E-state index in [9.17, 15) is 8.42 Å². The van der Waals surface area contributed by atoms with Gasteiger partial charge in [-0.15, -0.1) is 0 Å². The van der Waals surface area contributed by atoms with Crippen LogP contribution in [0.2, 0.25) is 0 Å². The van der Waals surface area contributed by atoms with E-state index >= 15 is 0 Å². The summed E-state index contributed by atoms with van der Waals surface area (Å²) in [4.78, 5) is 0.272. The molecule has 1 unspecified atom stereocenters. The fourth-order valence-electron chi connectivity index (χ4n) is 2.39. The van der Waals surface area contributed by atoms with E-state index in [1.807, 2.05) is 20.8 Å². The maximum atomic E-state index is 12.4. The highest BCUT2D eigenvalue weighted by Gasteiger charge is 2.26. The van der Waals surface area contributed by atoms with Gasteiger partial charge in [-0.25, -0.2) is 13.1 Å². The van der Waals surface area contributed by atoms with Gasteiger partial charge in [0.15, 0.2) is 0 Å². The van der Waals surface area contributed by atoms with E-state index < -0.39 is 15.6 Å². The second kappa shape index (κ2) is 5.94. The van der Waals surface area contributed by atoms with Gasteiger partial charge in [-0.2, -0.15) is 0 Å². The van der Waals surface area contributed by atoms with Crippen LogP contribution in [0.15, 0.2) is 23.1 Å². The van der Waals surface area contributed by atoms with E-state index in [1.54, 1.807) is 18.2 Å². The maximum Gasteiger partial charge on any atom is 0.240 e. The average molecular weight is 312 g/mol. The molecule has 0 spiro atoms. The molecule has 21 heavy (non-hydrogen) atoms. The average Bonchev–Trinajstić information content (AvgIpc) is 2.84. The van der Waals surface area contributed by atoms with Gasteiger partial charge in [0.25, 0.3) is 0 Å². The molecule has 0 aliphatic carbocycles. The Kier molecular flexibility index (Phi) is 4.60. The molecule has 5 nitrogen and oxygen atoms in total. The van der Waals surface area contributed by atoms with Gasteiger partial charge in [-0.05, 0) is 43.5 Å². The SMILES string of the molecule is CCC(N)(CC)CNS(=O)(=O)c1ccc2c(c1)CC(C)O2. The van der Waals surface area contributed by atoms with Crippen LogP contribution in [-0.4, -0.2) is 26.6 Å². The fraction of sp³-hybridized carbons (Fsp3) is 0.600. The third-order valence-electron chi connectivity index (χ3n) is 4.20. The molecule has 6 heteroatoms. The molecule has 1 aromatic carbocycles. The topological polar surface area (TPSA) is 81.4 Å². The van der Waals surface area contributed by atoms with Crippen molar-refractivity contribution in [3.63, 3.8) is 0 Å². The smallest absolute Gasteiger partial charge is 0.240 e. The lowest BCUT2D eigenvalue weighted by Crippen LogP contribution is -2.49. The number of rotatable bonds is 6. The van der Waals surface area contributed by atoms with E-state index in [-0.39, 0.29) is 17.5 Å².